The first kappa shape index (κ1) is 18.0. The Bertz CT molecular complexity index is 596. The van der Waals surface area contributed by atoms with Crippen LogP contribution in [0.3, 0.4) is 0 Å². The zero-order valence-electron chi connectivity index (χ0n) is 14.0. The molecule has 0 spiro atoms. The van der Waals surface area contributed by atoms with E-state index in [0.29, 0.717) is 11.5 Å². The van der Waals surface area contributed by atoms with Crippen LogP contribution in [0.15, 0.2) is 24.3 Å². The molecule has 1 fully saturated rings. The Balaban J connectivity index is 1.81. The molecule has 1 aromatic rings. The highest BCUT2D eigenvalue weighted by Gasteiger charge is 2.23. The van der Waals surface area contributed by atoms with E-state index in [0.717, 1.165) is 19.3 Å². The SMILES string of the molecule is COC(=O)c1ccc(C(=O)OCC(=O)N[C@H]2CCCC[C@@H]2C)cc1. The summed E-state index contributed by atoms with van der Waals surface area (Å²) in [5, 5.41) is 2.93. The van der Waals surface area contributed by atoms with Crippen LogP contribution in [0.5, 0.6) is 0 Å². The summed E-state index contributed by atoms with van der Waals surface area (Å²) in [6.07, 6.45) is 4.39. The Morgan fingerprint density at radius 3 is 2.21 bits per heavy atom. The van der Waals surface area contributed by atoms with Crippen molar-refractivity contribution >= 4 is 17.8 Å². The lowest BCUT2D eigenvalue weighted by Crippen LogP contribution is -2.42. The summed E-state index contributed by atoms with van der Waals surface area (Å²) in [7, 11) is 1.29. The first-order chi connectivity index (χ1) is 11.5. The van der Waals surface area contributed by atoms with Crippen molar-refractivity contribution in [2.75, 3.05) is 13.7 Å². The van der Waals surface area contributed by atoms with Gasteiger partial charge in [0.1, 0.15) is 0 Å². The minimum Gasteiger partial charge on any atom is -0.465 e. The van der Waals surface area contributed by atoms with Gasteiger partial charge in [0, 0.05) is 6.04 Å². The second-order valence-electron chi connectivity index (χ2n) is 6.08. The summed E-state index contributed by atoms with van der Waals surface area (Å²) in [4.78, 5) is 35.2. The lowest BCUT2D eigenvalue weighted by Gasteiger charge is -2.29. The standard InChI is InChI=1S/C18H23NO5/c1-12-5-3-4-6-15(12)19-16(20)11-24-18(22)14-9-7-13(8-10-14)17(21)23-2/h7-10,12,15H,3-6,11H2,1-2H3,(H,19,20)/t12-,15-/m0/s1. The van der Waals surface area contributed by atoms with E-state index < -0.39 is 11.9 Å². The van der Waals surface area contributed by atoms with Crippen molar-refractivity contribution in [3.05, 3.63) is 35.4 Å². The van der Waals surface area contributed by atoms with Crippen molar-refractivity contribution in [3.63, 3.8) is 0 Å². The van der Waals surface area contributed by atoms with E-state index in [1.54, 1.807) is 0 Å². The molecule has 2 rings (SSSR count). The first-order valence-corrected chi connectivity index (χ1v) is 8.16. The van der Waals surface area contributed by atoms with E-state index >= 15 is 0 Å². The Hall–Kier alpha value is -2.37. The summed E-state index contributed by atoms with van der Waals surface area (Å²) in [6.45, 7) is 1.82. The smallest absolute Gasteiger partial charge is 0.338 e. The van der Waals surface area contributed by atoms with E-state index in [1.807, 2.05) is 0 Å². The van der Waals surface area contributed by atoms with Crippen molar-refractivity contribution in [2.45, 2.75) is 38.6 Å². The van der Waals surface area contributed by atoms with Crippen LogP contribution in [0.25, 0.3) is 0 Å². The van der Waals surface area contributed by atoms with Gasteiger partial charge in [-0.05, 0) is 43.0 Å². The molecule has 1 aromatic carbocycles. The largest absolute Gasteiger partial charge is 0.465 e. The molecule has 0 saturated heterocycles. The Morgan fingerprint density at radius 1 is 1.04 bits per heavy atom. The Kier molecular flexibility index (Phi) is 6.35. The number of carbonyl (C=O) groups excluding carboxylic acids is 3. The molecule has 0 radical (unpaired) electrons. The quantitative estimate of drug-likeness (QED) is 0.836. The van der Waals surface area contributed by atoms with Gasteiger partial charge in [0.25, 0.3) is 5.91 Å². The predicted molar refractivity (Wildman–Crippen MR) is 87.6 cm³/mol. The number of nitrogens with one attached hydrogen (secondary N) is 1. The number of carbonyl (C=O) groups is 3. The number of benzene rings is 1. The second-order valence-corrected chi connectivity index (χ2v) is 6.08. The van der Waals surface area contributed by atoms with Gasteiger partial charge in [-0.3, -0.25) is 4.79 Å². The van der Waals surface area contributed by atoms with Gasteiger partial charge < -0.3 is 14.8 Å². The fourth-order valence-corrected chi connectivity index (χ4v) is 2.85. The zero-order valence-corrected chi connectivity index (χ0v) is 14.0. The zero-order chi connectivity index (χ0) is 17.5. The fraction of sp³-hybridized carbons (Fsp3) is 0.500. The molecule has 24 heavy (non-hydrogen) atoms. The molecule has 6 nitrogen and oxygen atoms in total. The molecule has 6 heteroatoms. The fourth-order valence-electron chi connectivity index (χ4n) is 2.85. The molecule has 0 unspecified atom stereocenters. The summed E-state index contributed by atoms with van der Waals surface area (Å²) >= 11 is 0. The highest BCUT2D eigenvalue weighted by molar-refractivity contribution is 5.94. The number of rotatable bonds is 5. The van der Waals surface area contributed by atoms with Crippen LogP contribution in [-0.4, -0.2) is 37.6 Å². The summed E-state index contributed by atoms with van der Waals surface area (Å²) in [6, 6.07) is 6.05. The molecule has 1 amide bonds. The molecular weight excluding hydrogens is 310 g/mol. The van der Waals surface area contributed by atoms with Gasteiger partial charge in [-0.1, -0.05) is 19.8 Å². The molecule has 0 aliphatic heterocycles. The average Bonchev–Trinajstić information content (AvgIpc) is 2.61. The van der Waals surface area contributed by atoms with Crippen molar-refractivity contribution in [3.8, 4) is 0 Å². The maximum absolute atomic E-state index is 11.9. The normalized spacial score (nSPS) is 20.1. The number of esters is 2. The van der Waals surface area contributed by atoms with Crippen LogP contribution in [-0.2, 0) is 14.3 Å². The van der Waals surface area contributed by atoms with Gasteiger partial charge in [-0.25, -0.2) is 9.59 Å². The third-order valence-corrected chi connectivity index (χ3v) is 4.33. The third kappa shape index (κ3) is 4.81. The number of hydrogen-bond donors (Lipinski definition) is 1. The molecular formula is C18H23NO5. The van der Waals surface area contributed by atoms with Crippen molar-refractivity contribution in [1.29, 1.82) is 0 Å². The molecule has 1 N–H and O–H groups in total. The lowest BCUT2D eigenvalue weighted by molar-refractivity contribution is -0.125. The molecule has 0 heterocycles. The van der Waals surface area contributed by atoms with Crippen LogP contribution in [0.1, 0.15) is 53.3 Å². The third-order valence-electron chi connectivity index (χ3n) is 4.33. The average molecular weight is 333 g/mol. The molecule has 1 aliphatic rings. The number of methoxy groups -OCH3 is 1. The van der Waals surface area contributed by atoms with Gasteiger partial charge >= 0.3 is 11.9 Å². The molecule has 1 aliphatic carbocycles. The van der Waals surface area contributed by atoms with Crippen LogP contribution in [0, 0.1) is 5.92 Å². The minimum atomic E-state index is -0.599. The summed E-state index contributed by atoms with van der Waals surface area (Å²) < 4.78 is 9.61. The van der Waals surface area contributed by atoms with Crippen molar-refractivity contribution in [1.82, 2.24) is 5.32 Å². The number of ether oxygens (including phenoxy) is 2. The van der Waals surface area contributed by atoms with Gasteiger partial charge in [-0.2, -0.15) is 0 Å². The highest BCUT2D eigenvalue weighted by atomic mass is 16.5. The van der Waals surface area contributed by atoms with E-state index in [-0.39, 0.29) is 24.1 Å². The molecule has 0 bridgehead atoms. The first-order valence-electron chi connectivity index (χ1n) is 8.16. The van der Waals surface area contributed by atoms with Gasteiger partial charge in [-0.15, -0.1) is 0 Å². The van der Waals surface area contributed by atoms with Crippen molar-refractivity contribution in [2.24, 2.45) is 5.92 Å². The summed E-state index contributed by atoms with van der Waals surface area (Å²) in [5.41, 5.74) is 0.625. The van der Waals surface area contributed by atoms with Crippen LogP contribution in [0.2, 0.25) is 0 Å². The van der Waals surface area contributed by atoms with Gasteiger partial charge in [0.2, 0.25) is 0 Å². The van der Waals surface area contributed by atoms with Crippen LogP contribution >= 0.6 is 0 Å². The van der Waals surface area contributed by atoms with Gasteiger partial charge in [0.05, 0.1) is 18.2 Å². The number of hydrogen-bond acceptors (Lipinski definition) is 5. The molecule has 130 valence electrons. The predicted octanol–water partition coefficient (Wildman–Crippen LogP) is 2.32. The molecule has 0 aromatic heterocycles. The Labute approximate surface area is 141 Å². The lowest BCUT2D eigenvalue weighted by atomic mass is 9.86. The van der Waals surface area contributed by atoms with Gasteiger partial charge in [0.15, 0.2) is 6.61 Å². The van der Waals surface area contributed by atoms with Crippen molar-refractivity contribution < 1.29 is 23.9 Å². The molecule has 2 atom stereocenters. The number of amides is 1. The van der Waals surface area contributed by atoms with Crippen LogP contribution in [0.4, 0.5) is 0 Å². The topological polar surface area (TPSA) is 81.7 Å². The summed E-state index contributed by atoms with van der Waals surface area (Å²) in [5.74, 6) is -0.910. The minimum absolute atomic E-state index is 0.157. The molecule has 1 saturated carbocycles. The maximum atomic E-state index is 11.9. The monoisotopic (exact) mass is 333 g/mol. The van der Waals surface area contributed by atoms with E-state index in [9.17, 15) is 14.4 Å². The maximum Gasteiger partial charge on any atom is 0.338 e. The van der Waals surface area contributed by atoms with E-state index in [1.165, 1.54) is 37.8 Å². The van der Waals surface area contributed by atoms with Crippen LogP contribution < -0.4 is 5.32 Å². The highest BCUT2D eigenvalue weighted by Crippen LogP contribution is 2.23. The second kappa shape index (κ2) is 8.47. The van der Waals surface area contributed by atoms with E-state index in [2.05, 4.69) is 17.0 Å². The van der Waals surface area contributed by atoms with E-state index in [4.69, 9.17) is 4.74 Å². The Morgan fingerprint density at radius 2 is 1.62 bits per heavy atom.